The van der Waals surface area contributed by atoms with E-state index in [1.165, 1.54) is 77.0 Å². The lowest BCUT2D eigenvalue weighted by Crippen LogP contribution is -2.59. The van der Waals surface area contributed by atoms with Gasteiger partial charge < -0.3 is 0 Å². The first-order valence-electron chi connectivity index (χ1n) is 14.0. The van der Waals surface area contributed by atoms with Crippen molar-refractivity contribution >= 4 is 0 Å². The molecule has 4 aliphatic rings. The highest BCUT2D eigenvalue weighted by molar-refractivity contribution is 5.15. The van der Waals surface area contributed by atoms with Crippen LogP contribution in [-0.4, -0.2) is 0 Å². The number of fused-ring (bicyclic) bond motifs is 5. The number of hydrogen-bond acceptors (Lipinski definition) is 0. The fourth-order valence-corrected chi connectivity index (χ4v) is 10.6. The van der Waals surface area contributed by atoms with Crippen LogP contribution in [0.25, 0.3) is 0 Å². The molecule has 4 aliphatic carbocycles. The van der Waals surface area contributed by atoms with Gasteiger partial charge in [0.15, 0.2) is 0 Å². The zero-order valence-corrected chi connectivity index (χ0v) is 21.9. The maximum Gasteiger partial charge on any atom is -0.0238 e. The van der Waals surface area contributed by atoms with Crippen LogP contribution in [0.4, 0.5) is 0 Å². The molecule has 0 spiro atoms. The summed E-state index contributed by atoms with van der Waals surface area (Å²) in [6, 6.07) is 0. The standard InChI is InChI=1S/C30H54/c1-21(2)11-9-12-22(3)23-15-19-30(8)25-13-14-26-27(4,5)17-10-18-28(26,6)24(25)16-20-29(23,30)7/h21-26H,9-20H2,1-8H3. The van der Waals surface area contributed by atoms with E-state index in [0.29, 0.717) is 21.7 Å². The topological polar surface area (TPSA) is 0 Å². The molecule has 0 aliphatic heterocycles. The van der Waals surface area contributed by atoms with Gasteiger partial charge >= 0.3 is 0 Å². The molecule has 4 fully saturated rings. The second kappa shape index (κ2) is 7.80. The summed E-state index contributed by atoms with van der Waals surface area (Å²) in [7, 11) is 0. The third kappa shape index (κ3) is 3.36. The summed E-state index contributed by atoms with van der Waals surface area (Å²) >= 11 is 0. The zero-order valence-electron chi connectivity index (χ0n) is 21.9. The maximum absolute atomic E-state index is 2.78. The zero-order chi connectivity index (χ0) is 21.9. The van der Waals surface area contributed by atoms with E-state index in [2.05, 4.69) is 55.4 Å². The normalized spacial score (nSPS) is 48.7. The lowest BCUT2D eigenvalue weighted by Gasteiger charge is -2.67. The first-order chi connectivity index (χ1) is 14.0. The molecule has 0 N–H and O–H groups in total. The molecule has 0 radical (unpaired) electrons. The van der Waals surface area contributed by atoms with E-state index in [0.717, 1.165) is 35.5 Å². The van der Waals surface area contributed by atoms with Gasteiger partial charge in [-0.15, -0.1) is 0 Å². The van der Waals surface area contributed by atoms with E-state index in [4.69, 9.17) is 0 Å². The van der Waals surface area contributed by atoms with Gasteiger partial charge in [0.1, 0.15) is 0 Å². The van der Waals surface area contributed by atoms with Crippen molar-refractivity contribution in [3.05, 3.63) is 0 Å². The Labute approximate surface area is 189 Å². The summed E-state index contributed by atoms with van der Waals surface area (Å²) in [4.78, 5) is 0. The average Bonchev–Trinajstić information content (AvgIpc) is 2.92. The van der Waals surface area contributed by atoms with Gasteiger partial charge in [0, 0.05) is 0 Å². The number of hydrogen-bond donors (Lipinski definition) is 0. The molecule has 0 saturated heterocycles. The maximum atomic E-state index is 2.78. The van der Waals surface area contributed by atoms with Gasteiger partial charge in [0.2, 0.25) is 0 Å². The Morgan fingerprint density at radius 1 is 0.700 bits per heavy atom. The monoisotopic (exact) mass is 414 g/mol. The molecule has 0 heteroatoms. The second-order valence-electron chi connectivity index (χ2n) is 14.5. The molecule has 30 heavy (non-hydrogen) atoms. The van der Waals surface area contributed by atoms with Gasteiger partial charge in [-0.05, 0) is 109 Å². The molecule has 4 saturated carbocycles. The van der Waals surface area contributed by atoms with E-state index in [1.54, 1.807) is 0 Å². The van der Waals surface area contributed by atoms with Crippen LogP contribution >= 0.6 is 0 Å². The third-order valence-electron chi connectivity index (χ3n) is 12.4. The van der Waals surface area contributed by atoms with Crippen LogP contribution < -0.4 is 0 Å². The van der Waals surface area contributed by atoms with Crippen molar-refractivity contribution in [3.8, 4) is 0 Å². The van der Waals surface area contributed by atoms with Gasteiger partial charge in [0.25, 0.3) is 0 Å². The molecule has 0 nitrogen and oxygen atoms in total. The van der Waals surface area contributed by atoms with Crippen LogP contribution in [0.3, 0.4) is 0 Å². The largest absolute Gasteiger partial charge is 0.0628 e. The highest BCUT2D eigenvalue weighted by Gasteiger charge is 2.66. The smallest absolute Gasteiger partial charge is 0.0238 e. The molecule has 8 atom stereocenters. The molecule has 0 heterocycles. The van der Waals surface area contributed by atoms with E-state index < -0.39 is 0 Å². The van der Waals surface area contributed by atoms with Crippen LogP contribution in [0.5, 0.6) is 0 Å². The van der Waals surface area contributed by atoms with E-state index in [9.17, 15) is 0 Å². The van der Waals surface area contributed by atoms with Crippen LogP contribution in [-0.2, 0) is 0 Å². The summed E-state index contributed by atoms with van der Waals surface area (Å²) in [5.74, 6) is 5.74. The molecule has 0 amide bonds. The minimum atomic E-state index is 0.572. The highest BCUT2D eigenvalue weighted by Crippen LogP contribution is 2.74. The van der Waals surface area contributed by atoms with Gasteiger partial charge in [-0.3, -0.25) is 0 Å². The first kappa shape index (κ1) is 23.2. The molecular weight excluding hydrogens is 360 g/mol. The lowest BCUT2D eigenvalue weighted by atomic mass is 9.38. The Bertz CT molecular complexity index is 616. The molecule has 174 valence electrons. The minimum Gasteiger partial charge on any atom is -0.0628 e. The quantitative estimate of drug-likeness (QED) is 0.420. The summed E-state index contributed by atoms with van der Waals surface area (Å²) in [5, 5.41) is 0. The van der Waals surface area contributed by atoms with Crippen LogP contribution in [0.2, 0.25) is 0 Å². The molecule has 0 aromatic heterocycles. The van der Waals surface area contributed by atoms with Crippen molar-refractivity contribution in [1.29, 1.82) is 0 Å². The Balaban J connectivity index is 1.55. The van der Waals surface area contributed by atoms with E-state index in [-0.39, 0.29) is 0 Å². The molecular formula is C30H54. The van der Waals surface area contributed by atoms with Crippen molar-refractivity contribution in [2.45, 2.75) is 132 Å². The summed E-state index contributed by atoms with van der Waals surface area (Å²) < 4.78 is 0. The minimum absolute atomic E-state index is 0.572. The predicted molar refractivity (Wildman–Crippen MR) is 131 cm³/mol. The van der Waals surface area contributed by atoms with Crippen molar-refractivity contribution in [2.75, 3.05) is 0 Å². The fraction of sp³-hybridized carbons (Fsp3) is 1.00. The van der Waals surface area contributed by atoms with Crippen LogP contribution in [0, 0.1) is 57.2 Å². The predicted octanol–water partition coefficient (Wildman–Crippen LogP) is 9.52. The van der Waals surface area contributed by atoms with Gasteiger partial charge in [0.05, 0.1) is 0 Å². The fourth-order valence-electron chi connectivity index (χ4n) is 10.6. The van der Waals surface area contributed by atoms with E-state index in [1.807, 2.05) is 0 Å². The Morgan fingerprint density at radius 3 is 2.10 bits per heavy atom. The van der Waals surface area contributed by atoms with E-state index >= 15 is 0 Å². The summed E-state index contributed by atoms with van der Waals surface area (Å²) in [5.41, 5.74) is 2.39. The molecule has 8 unspecified atom stereocenters. The Kier molecular flexibility index (Phi) is 6.02. The van der Waals surface area contributed by atoms with Crippen molar-refractivity contribution in [1.82, 2.24) is 0 Å². The SMILES string of the molecule is CC(C)CCCC(C)C1CCC2(C)C3CCC4C(C)(C)CCCC4(C)C3CCC12C. The molecule has 0 bridgehead atoms. The highest BCUT2D eigenvalue weighted by atomic mass is 14.7. The lowest BCUT2D eigenvalue weighted by molar-refractivity contribution is -0.179. The molecule has 4 rings (SSSR count). The summed E-state index contributed by atoms with van der Waals surface area (Å²) in [6.45, 7) is 20.9. The Morgan fingerprint density at radius 2 is 1.40 bits per heavy atom. The van der Waals surface area contributed by atoms with Crippen LogP contribution in [0.1, 0.15) is 132 Å². The number of rotatable bonds is 5. The summed E-state index contributed by atoms with van der Waals surface area (Å²) in [6.07, 6.45) is 18.0. The van der Waals surface area contributed by atoms with Crippen LogP contribution in [0.15, 0.2) is 0 Å². The molecule has 0 aromatic carbocycles. The molecule has 0 aromatic rings. The average molecular weight is 415 g/mol. The van der Waals surface area contributed by atoms with Gasteiger partial charge in [-0.1, -0.05) is 81.1 Å². The second-order valence-corrected chi connectivity index (χ2v) is 14.5. The first-order valence-corrected chi connectivity index (χ1v) is 14.0. The van der Waals surface area contributed by atoms with Gasteiger partial charge in [-0.25, -0.2) is 0 Å². The van der Waals surface area contributed by atoms with Crippen molar-refractivity contribution in [2.24, 2.45) is 57.2 Å². The third-order valence-corrected chi connectivity index (χ3v) is 12.4. The Hall–Kier alpha value is 0. The van der Waals surface area contributed by atoms with Crippen molar-refractivity contribution in [3.63, 3.8) is 0 Å². The van der Waals surface area contributed by atoms with Gasteiger partial charge in [-0.2, -0.15) is 0 Å². The van der Waals surface area contributed by atoms with Crippen molar-refractivity contribution < 1.29 is 0 Å².